The summed E-state index contributed by atoms with van der Waals surface area (Å²) in [6.07, 6.45) is 0. The van der Waals surface area contributed by atoms with Gasteiger partial charge in [0.25, 0.3) is 11.8 Å². The van der Waals surface area contributed by atoms with E-state index in [2.05, 4.69) is 5.32 Å². The minimum Gasteiger partial charge on any atom is -0.503 e. The van der Waals surface area contributed by atoms with E-state index in [4.69, 9.17) is 4.74 Å². The van der Waals surface area contributed by atoms with Crippen molar-refractivity contribution in [3.8, 4) is 11.5 Å². The van der Waals surface area contributed by atoms with Crippen molar-refractivity contribution < 1.29 is 19.4 Å². The SMILES string of the molecule is CC(C)N1CC(C(=O)Nc2ccc(Oc3ccccc3)cc2)=C(O)C1=O. The van der Waals surface area contributed by atoms with Crippen LogP contribution in [0.3, 0.4) is 0 Å². The first-order valence-corrected chi connectivity index (χ1v) is 8.33. The molecule has 2 N–H and O–H groups in total. The first kappa shape index (κ1) is 17.5. The Balaban J connectivity index is 1.66. The van der Waals surface area contributed by atoms with Crippen molar-refractivity contribution in [2.45, 2.75) is 19.9 Å². The molecule has 0 saturated heterocycles. The molecule has 0 fully saturated rings. The van der Waals surface area contributed by atoms with Crippen molar-refractivity contribution in [3.63, 3.8) is 0 Å². The van der Waals surface area contributed by atoms with Gasteiger partial charge >= 0.3 is 0 Å². The minimum atomic E-state index is -0.517. The van der Waals surface area contributed by atoms with Crippen LogP contribution in [0.15, 0.2) is 65.9 Å². The molecule has 0 unspecified atom stereocenters. The van der Waals surface area contributed by atoms with Crippen LogP contribution in [-0.4, -0.2) is 34.4 Å². The van der Waals surface area contributed by atoms with Crippen LogP contribution in [0, 0.1) is 0 Å². The lowest BCUT2D eigenvalue weighted by molar-refractivity contribution is -0.129. The molecule has 3 rings (SSSR count). The average Bonchev–Trinajstić information content (AvgIpc) is 2.93. The third-order valence-electron chi connectivity index (χ3n) is 4.07. The monoisotopic (exact) mass is 352 g/mol. The van der Waals surface area contributed by atoms with Crippen LogP contribution in [0.2, 0.25) is 0 Å². The Morgan fingerprint density at radius 2 is 1.69 bits per heavy atom. The summed E-state index contributed by atoms with van der Waals surface area (Å²) in [7, 11) is 0. The largest absolute Gasteiger partial charge is 0.503 e. The van der Waals surface area contributed by atoms with Gasteiger partial charge in [0, 0.05) is 11.7 Å². The molecule has 2 aromatic rings. The van der Waals surface area contributed by atoms with Gasteiger partial charge in [0.15, 0.2) is 5.76 Å². The third-order valence-corrected chi connectivity index (χ3v) is 4.07. The summed E-state index contributed by atoms with van der Waals surface area (Å²) >= 11 is 0. The van der Waals surface area contributed by atoms with Gasteiger partial charge in [-0.1, -0.05) is 18.2 Å². The van der Waals surface area contributed by atoms with E-state index >= 15 is 0 Å². The summed E-state index contributed by atoms with van der Waals surface area (Å²) in [5.41, 5.74) is 0.625. The highest BCUT2D eigenvalue weighted by molar-refractivity contribution is 6.12. The second-order valence-electron chi connectivity index (χ2n) is 6.25. The van der Waals surface area contributed by atoms with Gasteiger partial charge in [0.05, 0.1) is 12.1 Å². The van der Waals surface area contributed by atoms with Gasteiger partial charge in [-0.05, 0) is 50.2 Å². The van der Waals surface area contributed by atoms with E-state index in [0.29, 0.717) is 11.4 Å². The summed E-state index contributed by atoms with van der Waals surface area (Å²) in [5.74, 6) is -0.136. The molecule has 134 valence electrons. The quantitative estimate of drug-likeness (QED) is 0.863. The molecule has 6 heteroatoms. The number of benzene rings is 2. The second-order valence-corrected chi connectivity index (χ2v) is 6.25. The molecule has 2 aromatic carbocycles. The highest BCUT2D eigenvalue weighted by Gasteiger charge is 2.35. The van der Waals surface area contributed by atoms with E-state index in [-0.39, 0.29) is 18.2 Å². The van der Waals surface area contributed by atoms with Crippen LogP contribution in [0.4, 0.5) is 5.69 Å². The molecule has 0 aliphatic carbocycles. The molecule has 0 atom stereocenters. The maximum atomic E-state index is 12.4. The number of rotatable bonds is 5. The summed E-state index contributed by atoms with van der Waals surface area (Å²) in [4.78, 5) is 25.8. The van der Waals surface area contributed by atoms with E-state index < -0.39 is 17.6 Å². The van der Waals surface area contributed by atoms with E-state index in [1.165, 1.54) is 4.90 Å². The van der Waals surface area contributed by atoms with Crippen LogP contribution in [0.25, 0.3) is 0 Å². The van der Waals surface area contributed by atoms with Gasteiger partial charge in [-0.25, -0.2) is 0 Å². The lowest BCUT2D eigenvalue weighted by Crippen LogP contribution is -2.34. The van der Waals surface area contributed by atoms with Gasteiger partial charge < -0.3 is 20.1 Å². The number of hydrogen-bond donors (Lipinski definition) is 2. The van der Waals surface area contributed by atoms with Gasteiger partial charge in [0.1, 0.15) is 11.5 Å². The second kappa shape index (κ2) is 7.31. The van der Waals surface area contributed by atoms with Gasteiger partial charge in [-0.3, -0.25) is 9.59 Å². The lowest BCUT2D eigenvalue weighted by atomic mass is 10.2. The van der Waals surface area contributed by atoms with E-state index in [0.717, 1.165) is 5.75 Å². The maximum Gasteiger partial charge on any atom is 0.289 e. The molecule has 0 saturated carbocycles. The maximum absolute atomic E-state index is 12.4. The molecule has 1 aliphatic heterocycles. The summed E-state index contributed by atoms with van der Waals surface area (Å²) < 4.78 is 5.70. The number of ether oxygens (including phenoxy) is 1. The summed E-state index contributed by atoms with van der Waals surface area (Å²) in [6.45, 7) is 3.76. The Hall–Kier alpha value is -3.28. The Morgan fingerprint density at radius 3 is 2.27 bits per heavy atom. The van der Waals surface area contributed by atoms with Crippen molar-refractivity contribution in [1.29, 1.82) is 0 Å². The molecular weight excluding hydrogens is 332 g/mol. The fourth-order valence-electron chi connectivity index (χ4n) is 2.62. The molecule has 0 radical (unpaired) electrons. The molecule has 0 aromatic heterocycles. The molecule has 2 amide bonds. The smallest absolute Gasteiger partial charge is 0.289 e. The number of amides is 2. The van der Waals surface area contributed by atoms with Crippen LogP contribution in [-0.2, 0) is 9.59 Å². The Labute approximate surface area is 151 Å². The predicted molar refractivity (Wildman–Crippen MR) is 98.1 cm³/mol. The van der Waals surface area contributed by atoms with Crippen molar-refractivity contribution in [3.05, 3.63) is 65.9 Å². The Morgan fingerprint density at radius 1 is 1.08 bits per heavy atom. The topological polar surface area (TPSA) is 78.9 Å². The first-order valence-electron chi connectivity index (χ1n) is 8.33. The van der Waals surface area contributed by atoms with Crippen molar-refractivity contribution in [2.24, 2.45) is 0 Å². The van der Waals surface area contributed by atoms with Crippen molar-refractivity contribution in [1.82, 2.24) is 4.90 Å². The molecule has 26 heavy (non-hydrogen) atoms. The zero-order chi connectivity index (χ0) is 18.7. The normalized spacial score (nSPS) is 14.1. The zero-order valence-corrected chi connectivity index (χ0v) is 14.6. The Kier molecular flexibility index (Phi) is 4.93. The fraction of sp³-hybridized carbons (Fsp3) is 0.200. The van der Waals surface area contributed by atoms with Gasteiger partial charge in [-0.15, -0.1) is 0 Å². The van der Waals surface area contributed by atoms with Crippen molar-refractivity contribution >= 4 is 17.5 Å². The van der Waals surface area contributed by atoms with Gasteiger partial charge in [-0.2, -0.15) is 0 Å². The Bertz CT molecular complexity index is 842. The van der Waals surface area contributed by atoms with Crippen LogP contribution < -0.4 is 10.1 Å². The number of nitrogens with one attached hydrogen (secondary N) is 1. The number of hydrogen-bond acceptors (Lipinski definition) is 4. The van der Waals surface area contributed by atoms with E-state index in [9.17, 15) is 14.7 Å². The first-order chi connectivity index (χ1) is 12.5. The van der Waals surface area contributed by atoms with Gasteiger partial charge in [0.2, 0.25) is 0 Å². The molecule has 0 spiro atoms. The molecule has 1 heterocycles. The molecule has 6 nitrogen and oxygen atoms in total. The third kappa shape index (κ3) is 3.69. The standard InChI is InChI=1S/C20H20N2O4/c1-13(2)22-12-17(18(23)20(22)25)19(24)21-14-8-10-16(11-9-14)26-15-6-4-3-5-7-15/h3-11,13,23H,12H2,1-2H3,(H,21,24). The minimum absolute atomic E-state index is 0.0771. The molecular formula is C20H20N2O4. The zero-order valence-electron chi connectivity index (χ0n) is 14.6. The number of carbonyl (C=O) groups excluding carboxylic acids is 2. The number of aliphatic hydroxyl groups is 1. The van der Waals surface area contributed by atoms with E-state index in [1.54, 1.807) is 24.3 Å². The highest BCUT2D eigenvalue weighted by Crippen LogP contribution is 2.24. The average molecular weight is 352 g/mol. The number of nitrogens with zero attached hydrogens (tertiary/aromatic N) is 1. The summed E-state index contributed by atoms with van der Waals surface area (Å²) in [5, 5.41) is 12.6. The highest BCUT2D eigenvalue weighted by atomic mass is 16.5. The molecule has 1 aliphatic rings. The predicted octanol–water partition coefficient (Wildman–Crippen LogP) is 3.48. The number of anilines is 1. The number of carbonyl (C=O) groups is 2. The van der Waals surface area contributed by atoms with Crippen LogP contribution >= 0.6 is 0 Å². The van der Waals surface area contributed by atoms with E-state index in [1.807, 2.05) is 44.2 Å². The molecule has 0 bridgehead atoms. The number of aliphatic hydroxyl groups excluding tert-OH is 1. The number of para-hydroxylation sites is 1. The van der Waals surface area contributed by atoms with Crippen molar-refractivity contribution in [2.75, 3.05) is 11.9 Å². The fourth-order valence-corrected chi connectivity index (χ4v) is 2.62. The van der Waals surface area contributed by atoms with Crippen LogP contribution in [0.5, 0.6) is 11.5 Å². The van der Waals surface area contributed by atoms with Crippen LogP contribution in [0.1, 0.15) is 13.8 Å². The lowest BCUT2D eigenvalue weighted by Gasteiger charge is -2.20. The summed E-state index contributed by atoms with van der Waals surface area (Å²) in [6, 6.07) is 16.1.